The van der Waals surface area contributed by atoms with Crippen molar-refractivity contribution < 1.29 is 50.3 Å². The number of hydrogen-bond acceptors (Lipinski definition) is 12. The Labute approximate surface area is 367 Å². The van der Waals surface area contributed by atoms with Gasteiger partial charge in [-0.05, 0) is 79.8 Å². The van der Waals surface area contributed by atoms with Gasteiger partial charge in [0.2, 0.25) is 11.9 Å². The summed E-state index contributed by atoms with van der Waals surface area (Å²) < 4.78 is 70.7. The summed E-state index contributed by atoms with van der Waals surface area (Å²) in [5.41, 5.74) is 0.806. The van der Waals surface area contributed by atoms with Crippen molar-refractivity contribution in [3.63, 3.8) is 0 Å². The van der Waals surface area contributed by atoms with Crippen LogP contribution in [-0.2, 0) is 32.1 Å². The van der Waals surface area contributed by atoms with E-state index in [0.717, 1.165) is 49.7 Å². The Kier molecular flexibility index (Phi) is 15.0. The number of unbranched alkanes of at least 4 members (excludes halogenated alkanes) is 5. The summed E-state index contributed by atoms with van der Waals surface area (Å²) in [5, 5.41) is 13.7. The first kappa shape index (κ1) is 46.7. The molecule has 64 heavy (non-hydrogen) atoms. The maximum Gasteiger partial charge on any atom is 0.421 e. The van der Waals surface area contributed by atoms with Gasteiger partial charge in [-0.1, -0.05) is 50.5 Å². The summed E-state index contributed by atoms with van der Waals surface area (Å²) in [5.74, 6) is -2.93. The molecule has 0 spiro atoms. The van der Waals surface area contributed by atoms with Gasteiger partial charge in [-0.15, -0.1) is 0 Å². The van der Waals surface area contributed by atoms with Crippen molar-refractivity contribution >= 4 is 56.8 Å². The number of amides is 5. The Balaban J connectivity index is 0.852. The molecule has 2 aliphatic heterocycles. The van der Waals surface area contributed by atoms with E-state index in [1.807, 2.05) is 0 Å². The summed E-state index contributed by atoms with van der Waals surface area (Å²) >= 11 is 0. The Morgan fingerprint density at radius 3 is 2.30 bits per heavy atom. The van der Waals surface area contributed by atoms with Gasteiger partial charge in [-0.25, -0.2) is 13.4 Å². The first-order valence-corrected chi connectivity index (χ1v) is 22.4. The summed E-state index contributed by atoms with van der Waals surface area (Å²) in [6.45, 7) is 4.12. The van der Waals surface area contributed by atoms with Crippen molar-refractivity contribution in [1.29, 1.82) is 0 Å². The Hall–Kier alpha value is -6.83. The van der Waals surface area contributed by atoms with Crippen LogP contribution >= 0.6 is 0 Å². The van der Waals surface area contributed by atoms with Gasteiger partial charge in [-0.3, -0.25) is 28.9 Å². The number of aromatic nitrogens is 2. The van der Waals surface area contributed by atoms with E-state index in [1.165, 1.54) is 30.3 Å². The Morgan fingerprint density at radius 2 is 1.61 bits per heavy atom. The number of hydrogen-bond donors (Lipinski definition) is 5. The lowest BCUT2D eigenvalue weighted by atomic mass is 10.0. The van der Waals surface area contributed by atoms with Gasteiger partial charge in [0, 0.05) is 49.0 Å². The van der Waals surface area contributed by atoms with Gasteiger partial charge in [-0.2, -0.15) is 18.2 Å². The van der Waals surface area contributed by atoms with Crippen LogP contribution in [-0.4, -0.2) is 84.8 Å². The number of ether oxygens (including phenoxy) is 1. The van der Waals surface area contributed by atoms with Gasteiger partial charge >= 0.3 is 6.18 Å². The zero-order valence-electron chi connectivity index (χ0n) is 34.8. The number of halogens is 3. The monoisotopic (exact) mass is 904 g/mol. The van der Waals surface area contributed by atoms with E-state index in [4.69, 9.17) is 4.74 Å². The number of fused-ring (bicyclic) bond motifs is 1. The number of alkyl halides is 3. The molecule has 6 rings (SSSR count). The van der Waals surface area contributed by atoms with E-state index in [2.05, 4.69) is 43.1 Å². The molecule has 0 aliphatic carbocycles. The van der Waals surface area contributed by atoms with Crippen LogP contribution in [0.5, 0.6) is 5.75 Å². The van der Waals surface area contributed by atoms with Crippen LogP contribution < -0.4 is 31.3 Å². The van der Waals surface area contributed by atoms with E-state index in [9.17, 15) is 45.6 Å². The number of nitrogens with one attached hydrogen (secondary N) is 5. The smallest absolute Gasteiger partial charge is 0.421 e. The molecule has 3 aromatic carbocycles. The maximum atomic E-state index is 13.8. The Bertz CT molecular complexity index is 2540. The number of benzene rings is 3. The highest BCUT2D eigenvalue weighted by Crippen LogP contribution is 2.35. The molecule has 1 fully saturated rings. The lowest BCUT2D eigenvalue weighted by Crippen LogP contribution is -2.51. The lowest BCUT2D eigenvalue weighted by molar-refractivity contribution is -0.137. The molecule has 2 aliphatic rings. The van der Waals surface area contributed by atoms with Gasteiger partial charge in [0.1, 0.15) is 23.2 Å². The third kappa shape index (κ3) is 12.0. The summed E-state index contributed by atoms with van der Waals surface area (Å²) in [4.78, 5) is 72.8. The largest absolute Gasteiger partial charge is 0.483 e. The number of piperidine rings is 1. The standard InChI is InChI=1S/C44H47F3N8O8S/c1-27-15-20-34(40(58)52-27)55-41(59)32-13-10-14-35(37(32)42(55)60)63-26-36(56)48-21-7-5-3-4-6-8-22-49-39(57)29-16-18-30(19-17-29)53-43-51-25-33(44(45,46)47)38(54-43)50-24-28-11-9-12-31(23-28)64(2,61)62/h9-14,16-19,23,25,34H,1,3-8,15,20-22,24,26H2,2H3,(H,48,56)(H,49,57)(H,52,58)(H2,50,51,53,54). The zero-order valence-corrected chi connectivity index (χ0v) is 35.7. The number of anilines is 3. The van der Waals surface area contributed by atoms with Crippen molar-refractivity contribution in [2.75, 3.05) is 36.6 Å². The molecule has 0 radical (unpaired) electrons. The van der Waals surface area contributed by atoms with Crippen LogP contribution in [0.3, 0.4) is 0 Å². The molecule has 1 aromatic heterocycles. The highest BCUT2D eigenvalue weighted by molar-refractivity contribution is 7.90. The maximum absolute atomic E-state index is 13.8. The second-order valence-electron chi connectivity index (χ2n) is 15.3. The van der Waals surface area contributed by atoms with Crippen LogP contribution in [0, 0.1) is 0 Å². The molecule has 5 N–H and O–H groups in total. The van der Waals surface area contributed by atoms with Crippen molar-refractivity contribution in [1.82, 2.24) is 30.8 Å². The van der Waals surface area contributed by atoms with Crippen molar-refractivity contribution in [3.05, 3.63) is 113 Å². The summed E-state index contributed by atoms with van der Waals surface area (Å²) in [6, 6.07) is 15.7. The SMILES string of the molecule is C=C1CCC(N2C(=O)c3cccc(OCC(=O)NCCCCCCCCNC(=O)c4ccc(Nc5ncc(C(F)(F)F)c(NCc6cccc(S(C)(=O)=O)c6)n5)cc4)c3C2=O)C(=O)N1. The zero-order chi connectivity index (χ0) is 46.0. The van der Waals surface area contributed by atoms with Crippen LogP contribution in [0.1, 0.15) is 93.6 Å². The predicted molar refractivity (Wildman–Crippen MR) is 229 cm³/mol. The van der Waals surface area contributed by atoms with Crippen LogP contribution in [0.4, 0.5) is 30.6 Å². The molecule has 0 bridgehead atoms. The van der Waals surface area contributed by atoms with E-state index < -0.39 is 51.2 Å². The number of nitrogens with zero attached hydrogens (tertiary/aromatic N) is 3. The molecule has 5 amide bonds. The van der Waals surface area contributed by atoms with E-state index in [-0.39, 0.29) is 59.1 Å². The molecule has 20 heteroatoms. The van der Waals surface area contributed by atoms with Crippen molar-refractivity contribution in [3.8, 4) is 5.75 Å². The van der Waals surface area contributed by atoms with E-state index in [0.29, 0.717) is 48.2 Å². The summed E-state index contributed by atoms with van der Waals surface area (Å²) in [7, 11) is -3.51. The first-order valence-electron chi connectivity index (χ1n) is 20.5. The van der Waals surface area contributed by atoms with Crippen molar-refractivity contribution in [2.45, 2.75) is 75.0 Å². The highest BCUT2D eigenvalue weighted by Gasteiger charge is 2.45. The average molecular weight is 905 g/mol. The predicted octanol–water partition coefficient (Wildman–Crippen LogP) is 5.91. The molecule has 1 unspecified atom stereocenters. The second kappa shape index (κ2) is 20.6. The number of sulfone groups is 1. The fraction of sp³-hybridized carbons (Fsp3) is 0.341. The number of imide groups is 1. The van der Waals surface area contributed by atoms with E-state index >= 15 is 0 Å². The van der Waals surface area contributed by atoms with Crippen LogP contribution in [0.25, 0.3) is 0 Å². The number of carbonyl (C=O) groups excluding carboxylic acids is 5. The number of allylic oxidation sites excluding steroid dienone is 1. The molecular formula is C44H47F3N8O8S. The third-order valence-corrected chi connectivity index (χ3v) is 11.5. The normalized spacial score (nSPS) is 15.1. The molecule has 338 valence electrons. The topological polar surface area (TPSA) is 218 Å². The third-order valence-electron chi connectivity index (χ3n) is 10.4. The quantitative estimate of drug-likeness (QED) is 0.0517. The van der Waals surface area contributed by atoms with Gasteiger partial charge in [0.15, 0.2) is 16.4 Å². The fourth-order valence-electron chi connectivity index (χ4n) is 7.06. The average Bonchev–Trinajstić information content (AvgIpc) is 3.51. The minimum absolute atomic E-state index is 0.0260. The molecule has 4 aromatic rings. The molecule has 1 atom stereocenters. The fourth-order valence-corrected chi connectivity index (χ4v) is 7.75. The molecule has 3 heterocycles. The van der Waals surface area contributed by atoms with Gasteiger partial charge in [0.05, 0.1) is 16.0 Å². The Morgan fingerprint density at radius 1 is 0.922 bits per heavy atom. The van der Waals surface area contributed by atoms with Crippen LogP contribution in [0.15, 0.2) is 90.1 Å². The first-order chi connectivity index (χ1) is 30.5. The summed E-state index contributed by atoms with van der Waals surface area (Å²) in [6.07, 6.45) is 2.71. The lowest BCUT2D eigenvalue weighted by Gasteiger charge is -2.29. The minimum Gasteiger partial charge on any atom is -0.483 e. The number of rotatable bonds is 20. The van der Waals surface area contributed by atoms with Crippen LogP contribution in [0.2, 0.25) is 0 Å². The molecular weight excluding hydrogens is 858 g/mol. The highest BCUT2D eigenvalue weighted by atomic mass is 32.2. The van der Waals surface area contributed by atoms with Gasteiger partial charge in [0.25, 0.3) is 23.6 Å². The molecule has 0 saturated carbocycles. The van der Waals surface area contributed by atoms with E-state index in [1.54, 1.807) is 36.4 Å². The molecule has 16 nitrogen and oxygen atoms in total. The van der Waals surface area contributed by atoms with Gasteiger partial charge < -0.3 is 31.3 Å². The minimum atomic E-state index is -4.76. The van der Waals surface area contributed by atoms with Crippen molar-refractivity contribution in [2.24, 2.45) is 0 Å². The molecule has 1 saturated heterocycles. The second-order valence-corrected chi connectivity index (χ2v) is 17.3. The number of carbonyl (C=O) groups is 5.